The lowest BCUT2D eigenvalue weighted by Gasteiger charge is -2.22. The molecule has 1 aliphatic rings. The Morgan fingerprint density at radius 1 is 1.12 bits per heavy atom. The van der Waals surface area contributed by atoms with Gasteiger partial charge in [0, 0.05) is 17.4 Å². The van der Waals surface area contributed by atoms with Gasteiger partial charge in [0.05, 0.1) is 6.20 Å². The molecule has 3 aromatic rings. The van der Waals surface area contributed by atoms with E-state index in [0.717, 1.165) is 18.5 Å². The lowest BCUT2D eigenvalue weighted by Crippen LogP contribution is -2.26. The van der Waals surface area contributed by atoms with Crippen LogP contribution in [0.2, 0.25) is 0 Å². The van der Waals surface area contributed by atoms with Gasteiger partial charge in [-0.2, -0.15) is 10.1 Å². The summed E-state index contributed by atoms with van der Waals surface area (Å²) in [6, 6.07) is 17.0. The molecule has 25 heavy (non-hydrogen) atoms. The molecule has 1 aliphatic heterocycles. The third kappa shape index (κ3) is 2.93. The first kappa shape index (κ1) is 15.6. The summed E-state index contributed by atoms with van der Waals surface area (Å²) in [5.74, 6) is 1.35. The summed E-state index contributed by atoms with van der Waals surface area (Å²) < 4.78 is 0. The van der Waals surface area contributed by atoms with E-state index >= 15 is 0 Å². The Kier molecular flexibility index (Phi) is 4.06. The predicted molar refractivity (Wildman–Crippen MR) is 101 cm³/mol. The number of anilines is 4. The maximum Gasteiger partial charge on any atom is 0.252 e. The van der Waals surface area contributed by atoms with E-state index in [0.29, 0.717) is 17.8 Å². The fourth-order valence-corrected chi connectivity index (χ4v) is 3.42. The van der Waals surface area contributed by atoms with E-state index in [1.54, 1.807) is 6.20 Å². The summed E-state index contributed by atoms with van der Waals surface area (Å²) in [4.78, 5) is 6.88. The van der Waals surface area contributed by atoms with E-state index in [4.69, 9.17) is 4.98 Å². The molecule has 2 aromatic carbocycles. The number of para-hydroxylation sites is 2. The topological polar surface area (TPSA) is 53.9 Å². The number of hydrogen-bond acceptors (Lipinski definition) is 5. The van der Waals surface area contributed by atoms with Crippen LogP contribution in [0.5, 0.6) is 0 Å². The summed E-state index contributed by atoms with van der Waals surface area (Å²) >= 11 is 0. The zero-order chi connectivity index (χ0) is 17.2. The van der Waals surface area contributed by atoms with Gasteiger partial charge in [0.1, 0.15) is 0 Å². The van der Waals surface area contributed by atoms with Crippen molar-refractivity contribution in [1.82, 2.24) is 15.2 Å². The molecule has 0 amide bonds. The lowest BCUT2D eigenvalue weighted by atomic mass is 10.1. The summed E-state index contributed by atoms with van der Waals surface area (Å²) in [5.41, 5.74) is 4.81. The number of benzene rings is 2. The molecule has 126 valence electrons. The summed E-state index contributed by atoms with van der Waals surface area (Å²) in [5, 5.41) is 11.8. The van der Waals surface area contributed by atoms with Crippen molar-refractivity contribution in [1.29, 1.82) is 0 Å². The van der Waals surface area contributed by atoms with E-state index in [1.165, 1.54) is 16.8 Å². The van der Waals surface area contributed by atoms with Gasteiger partial charge in [-0.05, 0) is 43.0 Å². The van der Waals surface area contributed by atoms with Crippen LogP contribution in [0.4, 0.5) is 23.1 Å². The van der Waals surface area contributed by atoms with Gasteiger partial charge in [0.25, 0.3) is 5.95 Å². The third-order valence-electron chi connectivity index (χ3n) is 4.63. The second-order valence-corrected chi connectivity index (χ2v) is 6.33. The SMILES string of the molecule is CCc1ccccc1Nc1cnnc(N2c3ccccc3CC2C)n1. The molecule has 4 rings (SSSR count). The van der Waals surface area contributed by atoms with Crippen LogP contribution in [0.25, 0.3) is 0 Å². The van der Waals surface area contributed by atoms with Gasteiger partial charge < -0.3 is 10.2 Å². The Morgan fingerprint density at radius 2 is 1.92 bits per heavy atom. The molecule has 1 atom stereocenters. The van der Waals surface area contributed by atoms with Crippen molar-refractivity contribution in [3.05, 3.63) is 65.9 Å². The first-order valence-electron chi connectivity index (χ1n) is 8.68. The van der Waals surface area contributed by atoms with Gasteiger partial charge in [-0.1, -0.05) is 43.3 Å². The molecule has 2 heterocycles. The van der Waals surface area contributed by atoms with Gasteiger partial charge in [-0.25, -0.2) is 0 Å². The summed E-state index contributed by atoms with van der Waals surface area (Å²) in [7, 11) is 0. The minimum Gasteiger partial charge on any atom is -0.339 e. The first-order chi connectivity index (χ1) is 12.3. The summed E-state index contributed by atoms with van der Waals surface area (Å²) in [6.45, 7) is 4.34. The molecule has 0 fully saturated rings. The second kappa shape index (κ2) is 6.51. The van der Waals surface area contributed by atoms with Crippen molar-refractivity contribution < 1.29 is 0 Å². The molecule has 0 spiro atoms. The molecule has 5 nitrogen and oxygen atoms in total. The van der Waals surface area contributed by atoms with Gasteiger partial charge in [0.15, 0.2) is 5.82 Å². The fraction of sp³-hybridized carbons (Fsp3) is 0.250. The van der Waals surface area contributed by atoms with Crippen LogP contribution < -0.4 is 10.2 Å². The molecule has 0 aliphatic carbocycles. The van der Waals surface area contributed by atoms with Crippen molar-refractivity contribution in [2.45, 2.75) is 32.7 Å². The smallest absolute Gasteiger partial charge is 0.252 e. The average Bonchev–Trinajstić information content (AvgIpc) is 2.98. The van der Waals surface area contributed by atoms with Crippen molar-refractivity contribution in [3.63, 3.8) is 0 Å². The van der Waals surface area contributed by atoms with E-state index in [2.05, 4.69) is 76.7 Å². The first-order valence-corrected chi connectivity index (χ1v) is 8.68. The molecule has 0 radical (unpaired) electrons. The molecule has 1 N–H and O–H groups in total. The van der Waals surface area contributed by atoms with Crippen LogP contribution in [0.1, 0.15) is 25.0 Å². The average molecular weight is 331 g/mol. The zero-order valence-corrected chi connectivity index (χ0v) is 14.5. The van der Waals surface area contributed by atoms with Crippen molar-refractivity contribution in [2.75, 3.05) is 10.2 Å². The van der Waals surface area contributed by atoms with E-state index in [9.17, 15) is 0 Å². The molecular weight excluding hydrogens is 310 g/mol. The summed E-state index contributed by atoms with van der Waals surface area (Å²) in [6.07, 6.45) is 3.63. The maximum atomic E-state index is 4.72. The normalized spacial score (nSPS) is 15.9. The molecular formula is C20H21N5. The predicted octanol–water partition coefficient (Wildman–Crippen LogP) is 4.26. The second-order valence-electron chi connectivity index (χ2n) is 6.33. The minimum absolute atomic E-state index is 0.317. The highest BCUT2D eigenvalue weighted by molar-refractivity contribution is 5.68. The molecule has 0 saturated heterocycles. The largest absolute Gasteiger partial charge is 0.339 e. The van der Waals surface area contributed by atoms with Crippen molar-refractivity contribution in [2.24, 2.45) is 0 Å². The Bertz CT molecular complexity index is 893. The van der Waals surface area contributed by atoms with Gasteiger partial charge >= 0.3 is 0 Å². The number of aryl methyl sites for hydroxylation is 1. The Morgan fingerprint density at radius 3 is 2.80 bits per heavy atom. The molecule has 0 bridgehead atoms. The van der Waals surface area contributed by atoms with Crippen LogP contribution in [0.3, 0.4) is 0 Å². The number of rotatable bonds is 4. The highest BCUT2D eigenvalue weighted by Crippen LogP contribution is 2.36. The Hall–Kier alpha value is -2.95. The number of hydrogen-bond donors (Lipinski definition) is 1. The van der Waals surface area contributed by atoms with Crippen LogP contribution in [-0.4, -0.2) is 21.2 Å². The minimum atomic E-state index is 0.317. The van der Waals surface area contributed by atoms with E-state index < -0.39 is 0 Å². The van der Waals surface area contributed by atoms with Gasteiger partial charge in [-0.15, -0.1) is 5.10 Å². The quantitative estimate of drug-likeness (QED) is 0.774. The molecule has 5 heteroatoms. The lowest BCUT2D eigenvalue weighted by molar-refractivity contribution is 0.730. The zero-order valence-electron chi connectivity index (χ0n) is 14.5. The number of aromatic nitrogens is 3. The van der Waals surface area contributed by atoms with Crippen LogP contribution >= 0.6 is 0 Å². The van der Waals surface area contributed by atoms with Crippen molar-refractivity contribution >= 4 is 23.1 Å². The fourth-order valence-electron chi connectivity index (χ4n) is 3.42. The highest BCUT2D eigenvalue weighted by atomic mass is 15.4. The van der Waals surface area contributed by atoms with Gasteiger partial charge in [0.2, 0.25) is 0 Å². The molecule has 0 saturated carbocycles. The maximum absolute atomic E-state index is 4.72. The van der Waals surface area contributed by atoms with Crippen LogP contribution in [-0.2, 0) is 12.8 Å². The number of fused-ring (bicyclic) bond motifs is 1. The third-order valence-corrected chi connectivity index (χ3v) is 4.63. The molecule has 1 unspecified atom stereocenters. The van der Waals surface area contributed by atoms with Gasteiger partial charge in [-0.3, -0.25) is 0 Å². The standard InChI is InChI=1S/C20H21N5/c1-3-15-8-4-6-10-17(15)22-19-13-21-24-20(23-19)25-14(2)12-16-9-5-7-11-18(16)25/h4-11,13-14H,3,12H2,1-2H3,(H,22,23,24). The van der Waals surface area contributed by atoms with Crippen LogP contribution in [0, 0.1) is 0 Å². The number of nitrogens with one attached hydrogen (secondary N) is 1. The number of nitrogens with zero attached hydrogens (tertiary/aromatic N) is 4. The monoisotopic (exact) mass is 331 g/mol. The van der Waals surface area contributed by atoms with E-state index in [-0.39, 0.29) is 0 Å². The highest BCUT2D eigenvalue weighted by Gasteiger charge is 2.29. The Labute approximate surface area is 147 Å². The van der Waals surface area contributed by atoms with E-state index in [1.807, 2.05) is 6.07 Å². The van der Waals surface area contributed by atoms with Crippen molar-refractivity contribution in [3.8, 4) is 0 Å². The van der Waals surface area contributed by atoms with Crippen LogP contribution in [0.15, 0.2) is 54.7 Å². The Balaban J connectivity index is 1.66. The molecule has 1 aromatic heterocycles.